The highest BCUT2D eigenvalue weighted by atomic mass is 32.2. The Morgan fingerprint density at radius 1 is 0.882 bits per heavy atom. The highest BCUT2D eigenvalue weighted by molar-refractivity contribution is 8.04. The molecule has 7 atom stereocenters. The fraction of sp³-hybridized carbons (Fsp3) is 0.765. The number of rotatable bonds is 33. The van der Waals surface area contributed by atoms with Crippen LogP contribution in [0.4, 0.5) is 0 Å². The predicted octanol–water partition coefficient (Wildman–Crippen LogP) is 2.91. The third-order valence-electron chi connectivity index (χ3n) is 7.94. The molecule has 1 fully saturated rings. The summed E-state index contributed by atoms with van der Waals surface area (Å²) in [4.78, 5) is 96.9. The summed E-state index contributed by atoms with van der Waals surface area (Å²) in [6.07, 6.45) is 2.72. The first kappa shape index (κ1) is 43.6. The number of nitrogens with one attached hydrogen (secondary N) is 1. The number of amides is 1. The highest BCUT2D eigenvalue weighted by Crippen LogP contribution is 2.42. The molecule has 0 aliphatic heterocycles. The zero-order chi connectivity index (χ0) is 39.6. The molecule has 7 unspecified atom stereocenters. The number of hydrogen-bond donors (Lipinski definition) is 2. The summed E-state index contributed by atoms with van der Waals surface area (Å²) in [7, 11) is 1.92. The van der Waals surface area contributed by atoms with Crippen LogP contribution >= 0.6 is 41.3 Å². The van der Waals surface area contributed by atoms with Crippen LogP contribution in [-0.4, -0.2) is 120 Å². The Hall–Kier alpha value is -1.76. The van der Waals surface area contributed by atoms with E-state index in [1.807, 2.05) is 6.92 Å². The molecule has 0 bridgehead atoms. The van der Waals surface area contributed by atoms with Crippen molar-refractivity contribution >= 4 is 87.8 Å². The Labute approximate surface area is 317 Å². The summed E-state index contributed by atoms with van der Waals surface area (Å²) in [6.45, 7) is 3.75. The SMILES string of the molecule is [3H]NCC(=O)PCC(=O)C(CC)CSC1CCC1SCC(CC(=O)CCC(=O)OCCOCCCCOC(=O)CCC(C)=O)C(=O)NCC(=O)C([3H])P. The molecule has 1 amide bonds. The first-order valence-corrected chi connectivity index (χ1v) is 21.3. The maximum absolute atomic E-state index is 13.1. The monoisotopic (exact) mass is 798 g/mol. The fourth-order valence-electron chi connectivity index (χ4n) is 4.58. The van der Waals surface area contributed by atoms with E-state index in [-0.39, 0.29) is 119 Å². The van der Waals surface area contributed by atoms with Gasteiger partial charge in [-0.1, -0.05) is 6.92 Å². The molecule has 0 aromatic rings. The van der Waals surface area contributed by atoms with Crippen LogP contribution in [0, 0.1) is 11.8 Å². The van der Waals surface area contributed by atoms with Gasteiger partial charge in [-0.3, -0.25) is 33.6 Å². The number of thioether (sulfide) groups is 2. The molecular weight excluding hydrogens is 738 g/mol. The van der Waals surface area contributed by atoms with Gasteiger partial charge >= 0.3 is 11.9 Å². The van der Waals surface area contributed by atoms with Crippen LogP contribution in [0.2, 0.25) is 1.41 Å². The van der Waals surface area contributed by atoms with Crippen LogP contribution in [-0.2, 0) is 52.6 Å². The van der Waals surface area contributed by atoms with Crippen molar-refractivity contribution in [2.75, 3.05) is 63.3 Å². The van der Waals surface area contributed by atoms with Crippen molar-refractivity contribution in [3.8, 4) is 0 Å². The van der Waals surface area contributed by atoms with Gasteiger partial charge in [-0.25, -0.2) is 0 Å². The first-order valence-electron chi connectivity index (χ1n) is 18.4. The molecule has 51 heavy (non-hydrogen) atoms. The second kappa shape index (κ2) is 28.7. The van der Waals surface area contributed by atoms with Gasteiger partial charge in [-0.15, -0.1) is 9.24 Å². The molecule has 0 heterocycles. The zero-order valence-corrected chi connectivity index (χ0v) is 33.5. The van der Waals surface area contributed by atoms with Crippen molar-refractivity contribution in [3.05, 3.63) is 0 Å². The Morgan fingerprint density at radius 3 is 2.12 bits per heavy atom. The van der Waals surface area contributed by atoms with E-state index in [1.165, 1.54) is 6.92 Å². The number of carbonyl (C=O) groups is 8. The van der Waals surface area contributed by atoms with E-state index in [0.717, 1.165) is 12.8 Å². The molecule has 0 saturated heterocycles. The molecule has 13 nitrogen and oxygen atoms in total. The Morgan fingerprint density at radius 2 is 1.51 bits per heavy atom. The number of ketones is 4. The topological polar surface area (TPSA) is 202 Å². The lowest BCUT2D eigenvalue weighted by Gasteiger charge is -2.37. The van der Waals surface area contributed by atoms with Gasteiger partial charge in [0.05, 0.1) is 45.1 Å². The third-order valence-corrected chi connectivity index (χ3v) is 12.8. The molecule has 0 aromatic heterocycles. The largest absolute Gasteiger partial charge is 0.466 e. The normalized spacial score (nSPS) is 17.7. The van der Waals surface area contributed by atoms with Crippen LogP contribution in [0.5, 0.6) is 0 Å². The molecule has 1 saturated carbocycles. The second-order valence-electron chi connectivity index (χ2n) is 12.1. The summed E-state index contributed by atoms with van der Waals surface area (Å²) in [5.41, 5.74) is 1.92. The minimum absolute atomic E-state index is 0.00758. The van der Waals surface area contributed by atoms with E-state index in [9.17, 15) is 38.4 Å². The van der Waals surface area contributed by atoms with Crippen molar-refractivity contribution in [2.24, 2.45) is 17.6 Å². The van der Waals surface area contributed by atoms with Gasteiger partial charge in [0.2, 0.25) is 5.91 Å². The summed E-state index contributed by atoms with van der Waals surface area (Å²) in [6, 6.07) is 0. The molecule has 17 heteroatoms. The van der Waals surface area contributed by atoms with Crippen molar-refractivity contribution < 1.29 is 55.3 Å². The van der Waals surface area contributed by atoms with Crippen molar-refractivity contribution in [2.45, 2.75) is 88.6 Å². The van der Waals surface area contributed by atoms with Crippen LogP contribution in [0.25, 0.3) is 0 Å². The lowest BCUT2D eigenvalue weighted by Crippen LogP contribution is -2.39. The summed E-state index contributed by atoms with van der Waals surface area (Å²) >= 11 is 3.29. The maximum atomic E-state index is 13.1. The van der Waals surface area contributed by atoms with Gasteiger partial charge in [-0.2, -0.15) is 23.5 Å². The standard InChI is InChI=1S/C34H56N2O11P2S2/c1-3-24(28(40)20-49-33(43)17-35)21-50-29-8-9-30(29)51-22-25(34(44)36-18-27(39)19-48)16-26(38)7-11-32(42)47-15-14-45-12-4-5-13-46-31(41)10-6-23(2)37/h24-25,29-30,49H,3-22,35,48H2,1-2H3,(H,36,44)/i19T/hT. The molecule has 1 aliphatic rings. The quantitative estimate of drug-likeness (QED) is 0.0558. The van der Waals surface area contributed by atoms with Gasteiger partial charge in [-0.05, 0) is 47.6 Å². The molecule has 0 aromatic carbocycles. The Kier molecular flexibility index (Phi) is 24.6. The first-order chi connectivity index (χ1) is 25.3. The summed E-state index contributed by atoms with van der Waals surface area (Å²) in [5.74, 6) is -2.19. The van der Waals surface area contributed by atoms with Gasteiger partial charge < -0.3 is 30.0 Å². The van der Waals surface area contributed by atoms with Crippen LogP contribution in [0.1, 0.15) is 79.4 Å². The number of carbonyl (C=O) groups excluding carboxylic acids is 8. The number of hydrogen-bond acceptors (Lipinski definition) is 14. The minimum atomic E-state index is -1.07. The van der Waals surface area contributed by atoms with Gasteiger partial charge in [0.1, 0.15) is 25.4 Å². The van der Waals surface area contributed by atoms with E-state index in [0.29, 0.717) is 37.4 Å². The molecular formula is C34H56N2O11P2S2. The Balaban J connectivity index is 2.47. The predicted molar refractivity (Wildman–Crippen MR) is 205 cm³/mol. The van der Waals surface area contributed by atoms with Crippen molar-refractivity contribution in [1.29, 1.82) is 0 Å². The van der Waals surface area contributed by atoms with Crippen molar-refractivity contribution in [1.82, 2.24) is 5.32 Å². The summed E-state index contributed by atoms with van der Waals surface area (Å²) < 4.78 is 30.0. The average molecular weight is 799 g/mol. The number of Topliss-reactive ketones (excluding diaryl/α,β-unsaturated/α-hetero) is 4. The van der Waals surface area contributed by atoms with E-state index < -0.39 is 35.7 Å². The third kappa shape index (κ3) is 22.8. The number of nitrogens with two attached hydrogens (primary N) is 1. The maximum Gasteiger partial charge on any atom is 0.306 e. The minimum Gasteiger partial charge on any atom is -0.466 e. The van der Waals surface area contributed by atoms with E-state index in [2.05, 4.69) is 20.3 Å². The molecule has 0 radical (unpaired) electrons. The molecule has 290 valence electrons. The van der Waals surface area contributed by atoms with Crippen LogP contribution < -0.4 is 11.0 Å². The number of ether oxygens (including phenoxy) is 3. The molecule has 1 aliphatic carbocycles. The van der Waals surface area contributed by atoms with Gasteiger partial charge in [0.15, 0.2) is 11.3 Å². The molecule has 1 rings (SSSR count). The van der Waals surface area contributed by atoms with Gasteiger partial charge in [0, 0.05) is 67.5 Å². The number of esters is 2. The van der Waals surface area contributed by atoms with E-state index in [4.69, 9.17) is 17.0 Å². The zero-order valence-electron chi connectivity index (χ0n) is 31.7. The molecule has 0 spiro atoms. The molecule has 3 N–H and O–H groups in total. The smallest absolute Gasteiger partial charge is 0.306 e. The average Bonchev–Trinajstić information content (AvgIpc) is 3.11. The van der Waals surface area contributed by atoms with E-state index in [1.54, 1.807) is 23.5 Å². The van der Waals surface area contributed by atoms with Gasteiger partial charge in [0.25, 0.3) is 0 Å². The van der Waals surface area contributed by atoms with Crippen molar-refractivity contribution in [3.63, 3.8) is 0 Å². The second-order valence-corrected chi connectivity index (χ2v) is 16.2. The lowest BCUT2D eigenvalue weighted by atomic mass is 9.99. The van der Waals surface area contributed by atoms with Crippen LogP contribution in [0.15, 0.2) is 0 Å². The highest BCUT2D eigenvalue weighted by Gasteiger charge is 2.34. The lowest BCUT2D eigenvalue weighted by molar-refractivity contribution is -0.146. The number of unbranched alkanes of at least 4 members (excludes halogenated alkanes) is 1. The fourth-order valence-corrected chi connectivity index (χ4v) is 8.92. The van der Waals surface area contributed by atoms with E-state index >= 15 is 0 Å². The Bertz CT molecular complexity index is 1220. The summed E-state index contributed by atoms with van der Waals surface area (Å²) in [5, 5.41) is 3.04. The van der Waals surface area contributed by atoms with Crippen LogP contribution in [0.3, 0.4) is 0 Å².